The maximum absolute atomic E-state index is 13.8. The van der Waals surface area contributed by atoms with Gasteiger partial charge in [0.2, 0.25) is 17.7 Å². The minimum Gasteiger partial charge on any atom is -0.345 e. The normalized spacial score (nSPS) is 19.9. The van der Waals surface area contributed by atoms with E-state index in [2.05, 4.69) is 10.6 Å². The average Bonchev–Trinajstić information content (AvgIpc) is 3.65. The number of carbonyl (C=O) groups is 5. The quantitative estimate of drug-likeness (QED) is 0.458. The summed E-state index contributed by atoms with van der Waals surface area (Å²) in [6.45, 7) is 7.49. The van der Waals surface area contributed by atoms with Gasteiger partial charge in [-0.15, -0.1) is 11.3 Å². The zero-order valence-corrected chi connectivity index (χ0v) is 24.3. The molecule has 1 aromatic carbocycles. The maximum Gasteiger partial charge on any atom is 0.262 e. The van der Waals surface area contributed by atoms with E-state index >= 15 is 0 Å². The van der Waals surface area contributed by atoms with Gasteiger partial charge in [0.25, 0.3) is 5.91 Å². The number of hydrogen-bond donors (Lipinski definition) is 2. The van der Waals surface area contributed by atoms with Crippen molar-refractivity contribution in [2.24, 2.45) is 5.92 Å². The minimum atomic E-state index is -0.793. The maximum atomic E-state index is 13.8. The number of amides is 4. The van der Waals surface area contributed by atoms with Gasteiger partial charge in [-0.05, 0) is 42.9 Å². The van der Waals surface area contributed by atoms with E-state index in [0.717, 1.165) is 10.4 Å². The minimum absolute atomic E-state index is 0.0869. The van der Waals surface area contributed by atoms with Gasteiger partial charge in [0.15, 0.2) is 5.78 Å². The lowest BCUT2D eigenvalue weighted by atomic mass is 10.0. The van der Waals surface area contributed by atoms with Crippen LogP contribution in [0.3, 0.4) is 0 Å². The van der Waals surface area contributed by atoms with E-state index < -0.39 is 24.2 Å². The molecule has 2 aliphatic heterocycles. The van der Waals surface area contributed by atoms with Crippen molar-refractivity contribution < 1.29 is 24.0 Å². The lowest BCUT2D eigenvalue weighted by Crippen LogP contribution is -2.53. The van der Waals surface area contributed by atoms with Gasteiger partial charge in [-0.1, -0.05) is 57.5 Å². The molecule has 2 saturated heterocycles. The number of thiophene rings is 1. The Hall–Kier alpha value is -3.53. The second-order valence-corrected chi connectivity index (χ2v) is 12.1. The Morgan fingerprint density at radius 3 is 2.33 bits per heavy atom. The molecule has 40 heavy (non-hydrogen) atoms. The molecule has 4 atom stereocenters. The Morgan fingerprint density at radius 2 is 1.68 bits per heavy atom. The van der Waals surface area contributed by atoms with Crippen molar-refractivity contribution in [2.45, 2.75) is 77.5 Å². The molecule has 0 radical (unpaired) electrons. The van der Waals surface area contributed by atoms with Gasteiger partial charge in [0.05, 0.1) is 17.5 Å². The van der Waals surface area contributed by atoms with Crippen LogP contribution in [0.1, 0.15) is 63.0 Å². The third kappa shape index (κ3) is 6.43. The number of nitrogens with zero attached hydrogens (tertiary/aromatic N) is 2. The molecule has 4 amide bonds. The average molecular weight is 567 g/mol. The van der Waals surface area contributed by atoms with Gasteiger partial charge in [-0.25, -0.2) is 0 Å². The first-order valence-electron chi connectivity index (χ1n) is 14.0. The van der Waals surface area contributed by atoms with E-state index in [4.69, 9.17) is 0 Å². The summed E-state index contributed by atoms with van der Waals surface area (Å²) in [5.41, 5.74) is 1.02. The third-order valence-electron chi connectivity index (χ3n) is 7.44. The van der Waals surface area contributed by atoms with Crippen molar-refractivity contribution in [3.8, 4) is 10.4 Å². The van der Waals surface area contributed by atoms with Crippen LogP contribution in [0.15, 0.2) is 42.5 Å². The summed E-state index contributed by atoms with van der Waals surface area (Å²) in [6, 6.07) is 10.8. The van der Waals surface area contributed by atoms with Crippen LogP contribution < -0.4 is 10.6 Å². The number of rotatable bonds is 10. The highest BCUT2D eigenvalue weighted by molar-refractivity contribution is 7.17. The number of nitrogens with one attached hydrogen (secondary N) is 2. The predicted molar refractivity (Wildman–Crippen MR) is 154 cm³/mol. The summed E-state index contributed by atoms with van der Waals surface area (Å²) in [5, 5.41) is 5.64. The molecular weight excluding hydrogens is 528 g/mol. The number of hydrogen-bond acceptors (Lipinski definition) is 6. The summed E-state index contributed by atoms with van der Waals surface area (Å²) in [6.07, 6.45) is 2.07. The van der Waals surface area contributed by atoms with Crippen LogP contribution in [0.5, 0.6) is 0 Å². The molecule has 1 aromatic heterocycles. The number of likely N-dealkylation sites (tertiary alicyclic amines) is 2. The van der Waals surface area contributed by atoms with Crippen molar-refractivity contribution in [3.63, 3.8) is 0 Å². The SMILES string of the molecule is CCCC(NC(C)=O)C(=O)N1CC(=O)C2C1CCN2C(=O)C(CC(C)C)NC(=O)c1ccc(-c2ccccc2)s1. The molecule has 4 rings (SSSR count). The Bertz CT molecular complexity index is 1260. The summed E-state index contributed by atoms with van der Waals surface area (Å²) < 4.78 is 0. The molecule has 2 N–H and O–H groups in total. The molecule has 0 bridgehead atoms. The van der Waals surface area contributed by atoms with E-state index in [-0.39, 0.29) is 41.9 Å². The predicted octanol–water partition coefficient (Wildman–Crippen LogP) is 3.25. The van der Waals surface area contributed by atoms with Crippen LogP contribution in [-0.2, 0) is 19.2 Å². The van der Waals surface area contributed by atoms with E-state index in [1.165, 1.54) is 23.2 Å². The van der Waals surface area contributed by atoms with Crippen LogP contribution >= 0.6 is 11.3 Å². The zero-order chi connectivity index (χ0) is 29.0. The molecule has 10 heteroatoms. The van der Waals surface area contributed by atoms with Gasteiger partial charge < -0.3 is 20.4 Å². The first-order chi connectivity index (χ1) is 19.1. The van der Waals surface area contributed by atoms with Gasteiger partial charge >= 0.3 is 0 Å². The van der Waals surface area contributed by atoms with Crippen LogP contribution in [-0.4, -0.2) is 76.5 Å². The Kier molecular flexibility index (Phi) is 9.40. The van der Waals surface area contributed by atoms with Gasteiger partial charge in [-0.2, -0.15) is 0 Å². The van der Waals surface area contributed by atoms with Crippen LogP contribution in [0, 0.1) is 5.92 Å². The monoisotopic (exact) mass is 566 g/mol. The second kappa shape index (κ2) is 12.8. The molecule has 9 nitrogen and oxygen atoms in total. The first-order valence-corrected chi connectivity index (χ1v) is 14.8. The number of carbonyl (C=O) groups excluding carboxylic acids is 5. The molecule has 2 aromatic rings. The highest BCUT2D eigenvalue weighted by Gasteiger charge is 2.53. The van der Waals surface area contributed by atoms with Crippen LogP contribution in [0.25, 0.3) is 10.4 Å². The molecule has 0 aliphatic carbocycles. The molecule has 214 valence electrons. The van der Waals surface area contributed by atoms with Gasteiger partial charge in [0.1, 0.15) is 18.1 Å². The number of Topliss-reactive ketones (excluding diaryl/α,β-unsaturated/α-hetero) is 1. The molecule has 0 spiro atoms. The smallest absolute Gasteiger partial charge is 0.262 e. The zero-order valence-electron chi connectivity index (χ0n) is 23.5. The Labute approximate surface area is 239 Å². The summed E-state index contributed by atoms with van der Waals surface area (Å²) in [5.74, 6) is -1.28. The standard InChI is InChI=1S/C30H38N4O5S/c1-5-9-21(31-19(4)35)29(38)34-17-24(36)27-23(34)14-15-33(27)30(39)22(16-18(2)3)32-28(37)26-13-12-25(40-26)20-10-7-6-8-11-20/h6-8,10-13,18,21-23,27H,5,9,14-17H2,1-4H3,(H,31,35)(H,32,37). The number of ketones is 1. The van der Waals surface area contributed by atoms with E-state index in [1.807, 2.05) is 57.2 Å². The molecule has 0 saturated carbocycles. The van der Waals surface area contributed by atoms with Crippen LogP contribution in [0.2, 0.25) is 0 Å². The largest absolute Gasteiger partial charge is 0.345 e. The molecule has 2 aliphatic rings. The first kappa shape index (κ1) is 29.5. The van der Waals surface area contributed by atoms with Gasteiger partial charge in [0, 0.05) is 18.3 Å². The fourth-order valence-electron chi connectivity index (χ4n) is 5.69. The fraction of sp³-hybridized carbons (Fsp3) is 0.500. The number of fused-ring (bicyclic) bond motifs is 1. The highest BCUT2D eigenvalue weighted by atomic mass is 32.1. The third-order valence-corrected chi connectivity index (χ3v) is 8.57. The summed E-state index contributed by atoms with van der Waals surface area (Å²) in [4.78, 5) is 69.7. The van der Waals surface area contributed by atoms with Crippen molar-refractivity contribution in [1.29, 1.82) is 0 Å². The van der Waals surface area contributed by atoms with Crippen molar-refractivity contribution in [2.75, 3.05) is 13.1 Å². The fourth-order valence-corrected chi connectivity index (χ4v) is 6.60. The Balaban J connectivity index is 1.48. The number of benzene rings is 1. The van der Waals surface area contributed by atoms with E-state index in [9.17, 15) is 24.0 Å². The second-order valence-electron chi connectivity index (χ2n) is 11.0. The Morgan fingerprint density at radius 1 is 0.975 bits per heavy atom. The highest BCUT2D eigenvalue weighted by Crippen LogP contribution is 2.32. The van der Waals surface area contributed by atoms with Crippen molar-refractivity contribution in [3.05, 3.63) is 47.3 Å². The summed E-state index contributed by atoms with van der Waals surface area (Å²) in [7, 11) is 0. The summed E-state index contributed by atoms with van der Waals surface area (Å²) >= 11 is 1.36. The molecule has 4 unspecified atom stereocenters. The van der Waals surface area contributed by atoms with Gasteiger partial charge in [-0.3, -0.25) is 24.0 Å². The topological polar surface area (TPSA) is 116 Å². The van der Waals surface area contributed by atoms with E-state index in [1.54, 1.807) is 11.0 Å². The molecule has 2 fully saturated rings. The van der Waals surface area contributed by atoms with Crippen molar-refractivity contribution in [1.82, 2.24) is 20.4 Å². The lowest BCUT2D eigenvalue weighted by molar-refractivity contribution is -0.138. The van der Waals surface area contributed by atoms with Crippen LogP contribution in [0.4, 0.5) is 0 Å². The lowest BCUT2D eigenvalue weighted by Gasteiger charge is -2.29. The molecular formula is C30H38N4O5S. The van der Waals surface area contributed by atoms with E-state index in [0.29, 0.717) is 37.1 Å². The molecule has 3 heterocycles. The van der Waals surface area contributed by atoms with Crippen molar-refractivity contribution >= 4 is 40.7 Å².